The third kappa shape index (κ3) is 2.41. The Morgan fingerprint density at radius 1 is 1.45 bits per heavy atom. The molecule has 2 aliphatic rings. The molecule has 20 heavy (non-hydrogen) atoms. The van der Waals surface area contributed by atoms with Gasteiger partial charge in [0.2, 0.25) is 0 Å². The molecule has 0 bridgehead atoms. The van der Waals surface area contributed by atoms with E-state index in [9.17, 15) is 9.59 Å². The molecule has 110 valence electrons. The lowest BCUT2D eigenvalue weighted by Gasteiger charge is -2.54. The van der Waals surface area contributed by atoms with E-state index in [2.05, 4.69) is 27.4 Å². The Balaban J connectivity index is 2.33. The number of ketones is 1. The average Bonchev–Trinajstić information content (AvgIpc) is 2.38. The standard InChI is InChI=1S/C18H26O2/c1-13(2)15-12-18(4)14(7-5-8-16(18)20)11-17(15,3)9-6-10-19/h5,8,10,14-15H,1,6-7,9,11-12H2,2-4H3/t14-,15-,17-,18-/m1/s1. The van der Waals surface area contributed by atoms with Crippen LogP contribution in [0.5, 0.6) is 0 Å². The van der Waals surface area contributed by atoms with Crippen LogP contribution in [0.3, 0.4) is 0 Å². The van der Waals surface area contributed by atoms with Crippen molar-refractivity contribution in [2.24, 2.45) is 22.7 Å². The van der Waals surface area contributed by atoms with Gasteiger partial charge in [0.1, 0.15) is 6.29 Å². The van der Waals surface area contributed by atoms with Crippen LogP contribution in [0, 0.1) is 22.7 Å². The molecule has 0 saturated heterocycles. The van der Waals surface area contributed by atoms with Gasteiger partial charge in [-0.15, -0.1) is 0 Å². The van der Waals surface area contributed by atoms with Gasteiger partial charge in [-0.05, 0) is 55.9 Å². The molecule has 0 aromatic carbocycles. The summed E-state index contributed by atoms with van der Waals surface area (Å²) in [7, 11) is 0. The third-order valence-corrected chi connectivity index (χ3v) is 5.76. The zero-order valence-electron chi connectivity index (χ0n) is 12.9. The Kier molecular flexibility index (Phi) is 4.04. The normalized spacial score (nSPS) is 40.2. The first kappa shape index (κ1) is 15.2. The van der Waals surface area contributed by atoms with Crippen LogP contribution in [0.2, 0.25) is 0 Å². The highest BCUT2D eigenvalue weighted by atomic mass is 16.1. The predicted octanol–water partition coefficient (Wildman–Crippen LogP) is 4.11. The van der Waals surface area contributed by atoms with Crippen LogP contribution in [-0.4, -0.2) is 12.1 Å². The van der Waals surface area contributed by atoms with Crippen LogP contribution in [0.4, 0.5) is 0 Å². The van der Waals surface area contributed by atoms with E-state index in [4.69, 9.17) is 0 Å². The molecule has 0 radical (unpaired) electrons. The summed E-state index contributed by atoms with van der Waals surface area (Å²) in [6.45, 7) is 10.6. The van der Waals surface area contributed by atoms with Crippen LogP contribution < -0.4 is 0 Å². The summed E-state index contributed by atoms with van der Waals surface area (Å²) in [5, 5.41) is 0. The van der Waals surface area contributed by atoms with E-state index in [0.29, 0.717) is 18.3 Å². The van der Waals surface area contributed by atoms with Gasteiger partial charge in [0.05, 0.1) is 0 Å². The molecule has 0 spiro atoms. The van der Waals surface area contributed by atoms with E-state index in [1.54, 1.807) is 6.08 Å². The summed E-state index contributed by atoms with van der Waals surface area (Å²) in [4.78, 5) is 23.1. The van der Waals surface area contributed by atoms with Crippen molar-refractivity contribution in [3.8, 4) is 0 Å². The van der Waals surface area contributed by atoms with Crippen LogP contribution in [-0.2, 0) is 9.59 Å². The molecular weight excluding hydrogens is 248 g/mol. The van der Waals surface area contributed by atoms with Crippen molar-refractivity contribution in [2.45, 2.75) is 52.9 Å². The highest BCUT2D eigenvalue weighted by Crippen LogP contribution is 2.58. The fraction of sp³-hybridized carbons (Fsp3) is 0.667. The number of carbonyl (C=O) groups is 2. The van der Waals surface area contributed by atoms with Crippen LogP contribution >= 0.6 is 0 Å². The highest BCUT2D eigenvalue weighted by Gasteiger charge is 2.53. The van der Waals surface area contributed by atoms with Gasteiger partial charge in [0.15, 0.2) is 5.78 Å². The van der Waals surface area contributed by atoms with E-state index in [1.807, 2.05) is 6.08 Å². The monoisotopic (exact) mass is 274 g/mol. The fourth-order valence-corrected chi connectivity index (χ4v) is 4.38. The number of rotatable bonds is 4. The van der Waals surface area contributed by atoms with Gasteiger partial charge < -0.3 is 4.79 Å². The second-order valence-corrected chi connectivity index (χ2v) is 7.28. The van der Waals surface area contributed by atoms with Crippen molar-refractivity contribution >= 4 is 12.1 Å². The predicted molar refractivity (Wildman–Crippen MR) is 81.3 cm³/mol. The second kappa shape index (κ2) is 5.31. The molecule has 0 unspecified atom stereocenters. The van der Waals surface area contributed by atoms with Gasteiger partial charge >= 0.3 is 0 Å². The van der Waals surface area contributed by atoms with Gasteiger partial charge in [-0.2, -0.15) is 0 Å². The molecule has 2 rings (SSSR count). The Morgan fingerprint density at radius 2 is 2.15 bits per heavy atom. The van der Waals surface area contributed by atoms with Crippen LogP contribution in [0.15, 0.2) is 24.3 Å². The lowest BCUT2D eigenvalue weighted by atomic mass is 9.49. The van der Waals surface area contributed by atoms with E-state index >= 15 is 0 Å². The quantitative estimate of drug-likeness (QED) is 0.571. The number of hydrogen-bond acceptors (Lipinski definition) is 2. The number of hydrogen-bond donors (Lipinski definition) is 0. The van der Waals surface area contributed by atoms with Crippen molar-refractivity contribution in [1.82, 2.24) is 0 Å². The molecule has 0 aromatic rings. The van der Waals surface area contributed by atoms with Crippen molar-refractivity contribution < 1.29 is 9.59 Å². The minimum absolute atomic E-state index is 0.0996. The lowest BCUT2D eigenvalue weighted by Crippen LogP contribution is -2.49. The largest absolute Gasteiger partial charge is 0.303 e. The minimum Gasteiger partial charge on any atom is -0.303 e. The smallest absolute Gasteiger partial charge is 0.161 e. The summed E-state index contributed by atoms with van der Waals surface area (Å²) in [5.74, 6) is 1.02. The number of allylic oxidation sites excluding steroid dienone is 3. The first-order valence-corrected chi connectivity index (χ1v) is 7.63. The Bertz CT molecular complexity index is 462. The zero-order valence-corrected chi connectivity index (χ0v) is 12.9. The first-order chi connectivity index (χ1) is 9.33. The van der Waals surface area contributed by atoms with Crippen LogP contribution in [0.25, 0.3) is 0 Å². The number of aldehydes is 1. The van der Waals surface area contributed by atoms with E-state index in [-0.39, 0.29) is 16.6 Å². The average molecular weight is 274 g/mol. The molecular formula is C18H26O2. The van der Waals surface area contributed by atoms with Crippen molar-refractivity contribution in [2.75, 3.05) is 0 Å². The van der Waals surface area contributed by atoms with Gasteiger partial charge in [-0.25, -0.2) is 0 Å². The molecule has 0 amide bonds. The van der Waals surface area contributed by atoms with Gasteiger partial charge in [0.25, 0.3) is 0 Å². The van der Waals surface area contributed by atoms with Gasteiger partial charge in [-0.1, -0.05) is 32.1 Å². The maximum Gasteiger partial charge on any atom is 0.161 e. The van der Waals surface area contributed by atoms with Crippen molar-refractivity contribution in [3.63, 3.8) is 0 Å². The SMILES string of the molecule is C=C(C)[C@H]1C[C@@]2(C)C(=O)C=CC[C@@H]2C[C@@]1(C)CCC=O. The molecule has 0 N–H and O–H groups in total. The maximum absolute atomic E-state index is 12.4. The van der Waals surface area contributed by atoms with E-state index < -0.39 is 0 Å². The van der Waals surface area contributed by atoms with E-state index in [1.165, 1.54) is 0 Å². The molecule has 2 heteroatoms. The molecule has 0 aliphatic heterocycles. The number of carbonyl (C=O) groups excluding carboxylic acids is 2. The molecule has 1 saturated carbocycles. The molecule has 4 atom stereocenters. The zero-order chi connectivity index (χ0) is 15.0. The fourth-order valence-electron chi connectivity index (χ4n) is 4.38. The molecule has 2 aliphatic carbocycles. The Labute approximate surface area is 122 Å². The first-order valence-electron chi connectivity index (χ1n) is 7.63. The molecule has 0 heterocycles. The lowest BCUT2D eigenvalue weighted by molar-refractivity contribution is -0.134. The second-order valence-electron chi connectivity index (χ2n) is 7.28. The highest BCUT2D eigenvalue weighted by molar-refractivity contribution is 5.95. The molecule has 1 fully saturated rings. The van der Waals surface area contributed by atoms with E-state index in [0.717, 1.165) is 37.5 Å². The van der Waals surface area contributed by atoms with Crippen LogP contribution in [0.1, 0.15) is 52.9 Å². The van der Waals surface area contributed by atoms with Gasteiger partial charge in [-0.3, -0.25) is 4.79 Å². The summed E-state index contributed by atoms with van der Waals surface area (Å²) in [6.07, 6.45) is 9.20. The summed E-state index contributed by atoms with van der Waals surface area (Å²) < 4.78 is 0. The van der Waals surface area contributed by atoms with Crippen molar-refractivity contribution in [3.05, 3.63) is 24.3 Å². The Hall–Kier alpha value is -1.18. The number of fused-ring (bicyclic) bond motifs is 1. The Morgan fingerprint density at radius 3 is 2.75 bits per heavy atom. The van der Waals surface area contributed by atoms with Crippen molar-refractivity contribution in [1.29, 1.82) is 0 Å². The summed E-state index contributed by atoms with van der Waals surface area (Å²) in [5.41, 5.74) is 1.02. The maximum atomic E-state index is 12.4. The molecule has 0 aromatic heterocycles. The molecule has 2 nitrogen and oxygen atoms in total. The third-order valence-electron chi connectivity index (χ3n) is 5.76. The topological polar surface area (TPSA) is 34.1 Å². The van der Waals surface area contributed by atoms with Gasteiger partial charge in [0, 0.05) is 11.8 Å². The summed E-state index contributed by atoms with van der Waals surface area (Å²) >= 11 is 0. The summed E-state index contributed by atoms with van der Waals surface area (Å²) in [6, 6.07) is 0. The minimum atomic E-state index is -0.237.